The number of halogens is 1. The molecule has 3 rings (SSSR count). The summed E-state index contributed by atoms with van der Waals surface area (Å²) in [6.07, 6.45) is 1.80. The van der Waals surface area contributed by atoms with Crippen LogP contribution in [0.15, 0.2) is 60.8 Å². The highest BCUT2D eigenvalue weighted by Crippen LogP contribution is 2.14. The number of hydrogen-bond donors (Lipinski definition) is 1. The molecule has 26 heavy (non-hydrogen) atoms. The lowest BCUT2D eigenvalue weighted by Crippen LogP contribution is -2.43. The maximum absolute atomic E-state index is 12.6. The number of carbonyl (C=O) groups is 2. The lowest BCUT2D eigenvalue weighted by atomic mass is 10.1. The molecule has 0 unspecified atom stereocenters. The minimum absolute atomic E-state index is 0.302. The van der Waals surface area contributed by atoms with Crippen molar-refractivity contribution in [2.45, 2.75) is 12.5 Å². The molecule has 0 radical (unpaired) electrons. The minimum Gasteiger partial charge on any atom is -0.467 e. The van der Waals surface area contributed by atoms with E-state index in [1.54, 1.807) is 18.2 Å². The number of carbonyl (C=O) groups excluding carboxylic acids is 2. The zero-order chi connectivity index (χ0) is 18.5. The van der Waals surface area contributed by atoms with Gasteiger partial charge in [-0.1, -0.05) is 41.9 Å². The van der Waals surface area contributed by atoms with E-state index < -0.39 is 12.0 Å². The molecule has 5 nitrogen and oxygen atoms in total. The number of nitrogens with zero attached hydrogens (tertiary/aromatic N) is 1. The van der Waals surface area contributed by atoms with Crippen molar-refractivity contribution in [2.75, 3.05) is 7.11 Å². The van der Waals surface area contributed by atoms with Crippen LogP contribution in [0.4, 0.5) is 0 Å². The van der Waals surface area contributed by atoms with E-state index in [-0.39, 0.29) is 5.91 Å². The van der Waals surface area contributed by atoms with Gasteiger partial charge in [-0.25, -0.2) is 4.79 Å². The predicted octanol–water partition coefficient (Wildman–Crippen LogP) is 3.40. The molecule has 1 aromatic heterocycles. The van der Waals surface area contributed by atoms with Crippen molar-refractivity contribution in [1.29, 1.82) is 0 Å². The van der Waals surface area contributed by atoms with Crippen LogP contribution < -0.4 is 5.32 Å². The molecule has 2 aromatic carbocycles. The number of rotatable bonds is 5. The molecule has 1 heterocycles. The average molecular weight is 369 g/mol. The van der Waals surface area contributed by atoms with Crippen LogP contribution in [0.2, 0.25) is 5.02 Å². The first-order valence-electron chi connectivity index (χ1n) is 8.05. The molecule has 0 saturated carbocycles. The van der Waals surface area contributed by atoms with Crippen LogP contribution in [0.25, 0.3) is 10.9 Å². The first kappa shape index (κ1) is 17.9. The second kappa shape index (κ2) is 7.97. The molecular weight excluding hydrogens is 352 g/mol. The highest BCUT2D eigenvalue weighted by atomic mass is 35.5. The first-order valence-corrected chi connectivity index (χ1v) is 8.42. The molecule has 6 heteroatoms. The van der Waals surface area contributed by atoms with E-state index in [1.807, 2.05) is 36.4 Å². The van der Waals surface area contributed by atoms with E-state index in [9.17, 15) is 9.59 Å². The maximum Gasteiger partial charge on any atom is 0.328 e. The molecule has 0 aliphatic heterocycles. The van der Waals surface area contributed by atoms with Crippen molar-refractivity contribution in [3.8, 4) is 0 Å². The molecule has 0 spiro atoms. The predicted molar refractivity (Wildman–Crippen MR) is 100 cm³/mol. The van der Waals surface area contributed by atoms with Crippen LogP contribution in [0.5, 0.6) is 0 Å². The highest BCUT2D eigenvalue weighted by molar-refractivity contribution is 6.30. The van der Waals surface area contributed by atoms with Crippen LogP contribution in [0.1, 0.15) is 15.9 Å². The van der Waals surface area contributed by atoms with Gasteiger partial charge in [0.25, 0.3) is 5.91 Å². The SMILES string of the molecule is COC(=O)[C@H](Cc1ccc(Cl)cc1)NC(=O)c1cnc2ccccc2c1. The number of benzene rings is 2. The van der Waals surface area contributed by atoms with Crippen molar-refractivity contribution in [1.82, 2.24) is 10.3 Å². The third-order valence-electron chi connectivity index (χ3n) is 4.00. The Balaban J connectivity index is 1.79. The summed E-state index contributed by atoms with van der Waals surface area (Å²) in [7, 11) is 1.29. The number of esters is 1. The average Bonchev–Trinajstić information content (AvgIpc) is 2.68. The van der Waals surface area contributed by atoms with E-state index in [0.717, 1.165) is 16.5 Å². The molecule has 1 amide bonds. The Labute approximate surface area is 156 Å². The van der Waals surface area contributed by atoms with E-state index >= 15 is 0 Å². The summed E-state index contributed by atoms with van der Waals surface area (Å²) < 4.78 is 4.82. The molecule has 0 aliphatic rings. The Bertz CT molecular complexity index is 941. The fourth-order valence-electron chi connectivity index (χ4n) is 2.63. The lowest BCUT2D eigenvalue weighted by molar-refractivity contribution is -0.142. The quantitative estimate of drug-likeness (QED) is 0.701. The van der Waals surface area contributed by atoms with Crippen LogP contribution in [0.3, 0.4) is 0 Å². The van der Waals surface area contributed by atoms with Gasteiger partial charge in [0.05, 0.1) is 18.2 Å². The first-order chi connectivity index (χ1) is 12.6. The normalized spacial score (nSPS) is 11.8. The molecule has 0 fully saturated rings. The Morgan fingerprint density at radius 3 is 2.62 bits per heavy atom. The van der Waals surface area contributed by atoms with E-state index in [1.165, 1.54) is 13.3 Å². The Morgan fingerprint density at radius 1 is 1.15 bits per heavy atom. The number of pyridine rings is 1. The molecule has 1 N–H and O–H groups in total. The number of hydrogen-bond acceptors (Lipinski definition) is 4. The summed E-state index contributed by atoms with van der Waals surface area (Å²) in [4.78, 5) is 28.9. The fraction of sp³-hybridized carbons (Fsp3) is 0.150. The van der Waals surface area contributed by atoms with Gasteiger partial charge in [0.15, 0.2) is 0 Å². The van der Waals surface area contributed by atoms with Gasteiger partial charge in [0.1, 0.15) is 6.04 Å². The van der Waals surface area contributed by atoms with Gasteiger partial charge < -0.3 is 10.1 Å². The summed E-state index contributed by atoms with van der Waals surface area (Å²) >= 11 is 5.88. The zero-order valence-corrected chi connectivity index (χ0v) is 14.9. The number of aromatic nitrogens is 1. The second-order valence-electron chi connectivity index (χ2n) is 5.80. The number of para-hydroxylation sites is 1. The summed E-state index contributed by atoms with van der Waals surface area (Å²) in [6, 6.07) is 15.5. The van der Waals surface area contributed by atoms with Crippen molar-refractivity contribution >= 4 is 34.4 Å². The van der Waals surface area contributed by atoms with Gasteiger partial charge in [0, 0.05) is 23.0 Å². The molecule has 0 bridgehead atoms. The maximum atomic E-state index is 12.6. The Kier molecular flexibility index (Phi) is 5.49. The second-order valence-corrected chi connectivity index (χ2v) is 6.23. The zero-order valence-electron chi connectivity index (χ0n) is 14.1. The standard InChI is InChI=1S/C20H17ClN2O3/c1-26-20(25)18(10-13-6-8-16(21)9-7-13)23-19(24)15-11-14-4-2-3-5-17(14)22-12-15/h2-9,11-12,18H,10H2,1H3,(H,23,24)/t18-/m0/s1. The van der Waals surface area contributed by atoms with Gasteiger partial charge in [-0.2, -0.15) is 0 Å². The molecule has 1 atom stereocenters. The number of nitrogens with one attached hydrogen (secondary N) is 1. The largest absolute Gasteiger partial charge is 0.467 e. The number of fused-ring (bicyclic) bond motifs is 1. The van der Waals surface area contributed by atoms with Crippen LogP contribution in [-0.2, 0) is 16.0 Å². The smallest absolute Gasteiger partial charge is 0.328 e. The highest BCUT2D eigenvalue weighted by Gasteiger charge is 2.23. The van der Waals surface area contributed by atoms with Crippen molar-refractivity contribution in [2.24, 2.45) is 0 Å². The van der Waals surface area contributed by atoms with Crippen molar-refractivity contribution in [3.05, 3.63) is 76.9 Å². The van der Waals surface area contributed by atoms with Crippen molar-refractivity contribution in [3.63, 3.8) is 0 Å². The lowest BCUT2D eigenvalue weighted by Gasteiger charge is -2.17. The number of ether oxygens (including phenoxy) is 1. The van der Waals surface area contributed by atoms with Gasteiger partial charge in [-0.05, 0) is 29.8 Å². The van der Waals surface area contributed by atoms with Crippen LogP contribution in [-0.4, -0.2) is 30.0 Å². The van der Waals surface area contributed by atoms with Crippen LogP contribution in [0, 0.1) is 0 Å². The molecule has 0 saturated heterocycles. The van der Waals surface area contributed by atoms with E-state index in [4.69, 9.17) is 16.3 Å². The van der Waals surface area contributed by atoms with E-state index in [0.29, 0.717) is 17.0 Å². The summed E-state index contributed by atoms with van der Waals surface area (Å²) in [5, 5.41) is 4.19. The molecular formula is C20H17ClN2O3. The minimum atomic E-state index is -0.805. The van der Waals surface area contributed by atoms with Gasteiger partial charge in [-0.3, -0.25) is 9.78 Å². The molecule has 3 aromatic rings. The van der Waals surface area contributed by atoms with Crippen LogP contribution >= 0.6 is 11.6 Å². The summed E-state index contributed by atoms with van der Waals surface area (Å²) in [5.41, 5.74) is 2.05. The van der Waals surface area contributed by atoms with Crippen molar-refractivity contribution < 1.29 is 14.3 Å². The van der Waals surface area contributed by atoms with Gasteiger partial charge in [-0.15, -0.1) is 0 Å². The number of methoxy groups -OCH3 is 1. The fourth-order valence-corrected chi connectivity index (χ4v) is 2.75. The summed E-state index contributed by atoms with van der Waals surface area (Å²) in [6.45, 7) is 0. The van der Waals surface area contributed by atoms with Gasteiger partial charge in [0.2, 0.25) is 0 Å². The molecule has 132 valence electrons. The number of amides is 1. The molecule has 0 aliphatic carbocycles. The summed E-state index contributed by atoms with van der Waals surface area (Å²) in [5.74, 6) is -0.894. The Morgan fingerprint density at radius 2 is 1.88 bits per heavy atom. The van der Waals surface area contributed by atoms with Gasteiger partial charge >= 0.3 is 5.97 Å². The topological polar surface area (TPSA) is 68.3 Å². The third kappa shape index (κ3) is 4.18. The Hall–Kier alpha value is -2.92. The third-order valence-corrected chi connectivity index (χ3v) is 4.25. The monoisotopic (exact) mass is 368 g/mol. The van der Waals surface area contributed by atoms with E-state index in [2.05, 4.69) is 10.3 Å².